The Morgan fingerprint density at radius 1 is 0.875 bits per heavy atom. The molecule has 0 aliphatic carbocycles. The van der Waals surface area contributed by atoms with Crippen LogP contribution in [0, 0.1) is 16.0 Å². The van der Waals surface area contributed by atoms with Crippen LogP contribution in [-0.2, 0) is 9.53 Å². The van der Waals surface area contributed by atoms with Gasteiger partial charge in [-0.05, 0) is 72.1 Å². The molecule has 180 valence electrons. The van der Waals surface area contributed by atoms with E-state index in [-0.39, 0.29) is 29.8 Å². The molecule has 0 saturated heterocycles. The molecule has 5 heteroatoms. The quantitative estimate of drug-likeness (QED) is 0.0762. The molecule has 0 fully saturated rings. The second kappa shape index (κ2) is 19.3. The van der Waals surface area contributed by atoms with E-state index in [2.05, 4.69) is 67.7 Å². The maximum Gasteiger partial charge on any atom is 0.306 e. The Kier molecular flexibility index (Phi) is 17.8. The lowest BCUT2D eigenvalue weighted by Gasteiger charge is -2.21. The summed E-state index contributed by atoms with van der Waals surface area (Å²) in [5.74, 6) is -0.637. The zero-order valence-corrected chi connectivity index (χ0v) is 20.5. The SMILES string of the molecule is CCC=CCC=CCC=CCC=CCC=CCCCC(CC(=O)OC(C)(C)C)C[N+](=O)[O-]. The third kappa shape index (κ3) is 22.3. The van der Waals surface area contributed by atoms with Gasteiger partial charge in [-0.1, -0.05) is 67.7 Å². The lowest BCUT2D eigenvalue weighted by Crippen LogP contribution is -2.27. The summed E-state index contributed by atoms with van der Waals surface area (Å²) >= 11 is 0. The standard InChI is InChI=1S/C27H43NO4/c1-5-6-7-8-9-10-11-12-13-14-15-16-17-18-19-20-21-22-25(24-28(30)31)23-26(29)32-27(2,3)4/h6-7,9-10,12-13,15-16,18-19,25H,5,8,11,14,17,20-24H2,1-4H3. The number of rotatable bonds is 17. The Morgan fingerprint density at radius 2 is 1.34 bits per heavy atom. The second-order valence-electron chi connectivity index (χ2n) is 8.81. The van der Waals surface area contributed by atoms with Crippen LogP contribution in [-0.4, -0.2) is 23.0 Å². The molecule has 0 spiro atoms. The predicted molar refractivity (Wildman–Crippen MR) is 134 cm³/mol. The molecule has 0 amide bonds. The van der Waals surface area contributed by atoms with Crippen molar-refractivity contribution in [3.63, 3.8) is 0 Å². The van der Waals surface area contributed by atoms with Gasteiger partial charge in [0.05, 0.1) is 6.42 Å². The third-order valence-corrected chi connectivity index (χ3v) is 4.42. The summed E-state index contributed by atoms with van der Waals surface area (Å²) < 4.78 is 5.29. The van der Waals surface area contributed by atoms with E-state index in [0.29, 0.717) is 6.42 Å². The van der Waals surface area contributed by atoms with Crippen molar-refractivity contribution in [3.8, 4) is 0 Å². The van der Waals surface area contributed by atoms with Crippen molar-refractivity contribution < 1.29 is 14.5 Å². The van der Waals surface area contributed by atoms with Crippen molar-refractivity contribution in [1.82, 2.24) is 0 Å². The van der Waals surface area contributed by atoms with Gasteiger partial charge in [0.1, 0.15) is 5.60 Å². The number of carbonyl (C=O) groups is 1. The number of carbonyl (C=O) groups excluding carboxylic acids is 1. The van der Waals surface area contributed by atoms with Gasteiger partial charge in [0.2, 0.25) is 6.54 Å². The molecule has 0 N–H and O–H groups in total. The molecule has 1 atom stereocenters. The number of ether oxygens (including phenoxy) is 1. The molecule has 1 unspecified atom stereocenters. The molecule has 32 heavy (non-hydrogen) atoms. The molecule has 0 heterocycles. The van der Waals surface area contributed by atoms with Gasteiger partial charge in [-0.15, -0.1) is 0 Å². The molecule has 5 nitrogen and oxygen atoms in total. The molecule has 0 rings (SSSR count). The van der Waals surface area contributed by atoms with Crippen molar-refractivity contribution in [2.45, 2.75) is 91.1 Å². The summed E-state index contributed by atoms with van der Waals surface area (Å²) in [6.45, 7) is 7.35. The monoisotopic (exact) mass is 445 g/mol. The smallest absolute Gasteiger partial charge is 0.306 e. The summed E-state index contributed by atoms with van der Waals surface area (Å²) in [6.07, 6.45) is 28.9. The Morgan fingerprint density at radius 3 is 1.78 bits per heavy atom. The maximum absolute atomic E-state index is 12.0. The number of hydrogen-bond acceptors (Lipinski definition) is 4. The zero-order chi connectivity index (χ0) is 24.1. The molecule has 0 aromatic carbocycles. The van der Waals surface area contributed by atoms with Gasteiger partial charge in [0, 0.05) is 10.8 Å². The Bertz CT molecular complexity index is 651. The van der Waals surface area contributed by atoms with Crippen molar-refractivity contribution in [2.75, 3.05) is 6.54 Å². The number of allylic oxidation sites excluding steroid dienone is 10. The first-order valence-electron chi connectivity index (χ1n) is 11.8. The Hall–Kier alpha value is -2.43. The minimum atomic E-state index is -0.564. The van der Waals surface area contributed by atoms with Crippen LogP contribution in [0.3, 0.4) is 0 Å². The first-order valence-corrected chi connectivity index (χ1v) is 11.8. The molecule has 0 aliphatic heterocycles. The fourth-order valence-corrected chi connectivity index (χ4v) is 2.98. The first-order chi connectivity index (χ1) is 15.2. The van der Waals surface area contributed by atoms with Gasteiger partial charge < -0.3 is 4.74 Å². The van der Waals surface area contributed by atoms with Crippen molar-refractivity contribution in [1.29, 1.82) is 0 Å². The third-order valence-electron chi connectivity index (χ3n) is 4.42. The largest absolute Gasteiger partial charge is 0.460 e. The summed E-state index contributed by atoms with van der Waals surface area (Å²) in [4.78, 5) is 22.5. The maximum atomic E-state index is 12.0. The number of nitrogens with zero attached hydrogens (tertiary/aromatic N) is 1. The fraction of sp³-hybridized carbons (Fsp3) is 0.593. The normalized spacial score (nSPS) is 13.9. The van der Waals surface area contributed by atoms with E-state index >= 15 is 0 Å². The van der Waals surface area contributed by atoms with Gasteiger partial charge in [-0.2, -0.15) is 0 Å². The molecule has 0 saturated carbocycles. The van der Waals surface area contributed by atoms with Crippen LogP contribution in [0.4, 0.5) is 0 Å². The highest BCUT2D eigenvalue weighted by Crippen LogP contribution is 2.17. The lowest BCUT2D eigenvalue weighted by atomic mass is 9.98. The summed E-state index contributed by atoms with van der Waals surface area (Å²) in [7, 11) is 0. The molecule has 0 aromatic heterocycles. The van der Waals surface area contributed by atoms with E-state index in [1.807, 2.05) is 0 Å². The highest BCUT2D eigenvalue weighted by atomic mass is 16.6. The Balaban J connectivity index is 3.98. The van der Waals surface area contributed by atoms with Gasteiger partial charge >= 0.3 is 5.97 Å². The average Bonchev–Trinajstić information content (AvgIpc) is 2.68. The van der Waals surface area contributed by atoms with E-state index in [0.717, 1.165) is 44.9 Å². The Labute approximate surface area is 195 Å². The molecular weight excluding hydrogens is 402 g/mol. The summed E-state index contributed by atoms with van der Waals surface area (Å²) in [6, 6.07) is 0. The van der Waals surface area contributed by atoms with Gasteiger partial charge in [-0.3, -0.25) is 14.9 Å². The predicted octanol–water partition coefficient (Wildman–Crippen LogP) is 7.53. The van der Waals surface area contributed by atoms with Crippen LogP contribution in [0.1, 0.15) is 85.5 Å². The fourth-order valence-electron chi connectivity index (χ4n) is 2.98. The van der Waals surface area contributed by atoms with Crippen LogP contribution in [0.15, 0.2) is 60.8 Å². The highest BCUT2D eigenvalue weighted by molar-refractivity contribution is 5.70. The van der Waals surface area contributed by atoms with Crippen LogP contribution in [0.5, 0.6) is 0 Å². The van der Waals surface area contributed by atoms with Crippen LogP contribution < -0.4 is 0 Å². The number of nitro groups is 1. The summed E-state index contributed by atoms with van der Waals surface area (Å²) in [5, 5.41) is 10.9. The van der Waals surface area contributed by atoms with Crippen molar-refractivity contribution >= 4 is 5.97 Å². The molecule has 0 aliphatic rings. The average molecular weight is 446 g/mol. The lowest BCUT2D eigenvalue weighted by molar-refractivity contribution is -0.488. The van der Waals surface area contributed by atoms with E-state index in [1.54, 1.807) is 20.8 Å². The van der Waals surface area contributed by atoms with Crippen LogP contribution in [0.2, 0.25) is 0 Å². The number of unbranched alkanes of at least 4 members (excludes halogenated alkanes) is 1. The zero-order valence-electron chi connectivity index (χ0n) is 20.5. The van der Waals surface area contributed by atoms with Gasteiger partial charge in [0.25, 0.3) is 0 Å². The molecule has 0 aromatic rings. The van der Waals surface area contributed by atoms with E-state index in [1.165, 1.54) is 0 Å². The topological polar surface area (TPSA) is 69.4 Å². The van der Waals surface area contributed by atoms with Gasteiger partial charge in [-0.25, -0.2) is 0 Å². The van der Waals surface area contributed by atoms with E-state index in [4.69, 9.17) is 4.74 Å². The van der Waals surface area contributed by atoms with Crippen LogP contribution >= 0.6 is 0 Å². The second-order valence-corrected chi connectivity index (χ2v) is 8.81. The van der Waals surface area contributed by atoms with Crippen molar-refractivity contribution in [2.24, 2.45) is 5.92 Å². The highest BCUT2D eigenvalue weighted by Gasteiger charge is 2.23. The first kappa shape index (κ1) is 29.6. The minimum Gasteiger partial charge on any atom is -0.460 e. The van der Waals surface area contributed by atoms with Crippen molar-refractivity contribution in [3.05, 3.63) is 70.9 Å². The minimum absolute atomic E-state index is 0.101. The van der Waals surface area contributed by atoms with Gasteiger partial charge in [0.15, 0.2) is 0 Å². The molecule has 0 bridgehead atoms. The van der Waals surface area contributed by atoms with E-state index < -0.39 is 5.60 Å². The molecule has 0 radical (unpaired) electrons. The summed E-state index contributed by atoms with van der Waals surface area (Å²) in [5.41, 5.74) is -0.564. The van der Waals surface area contributed by atoms with E-state index in [9.17, 15) is 14.9 Å². The number of esters is 1. The number of hydrogen-bond donors (Lipinski definition) is 0. The molecular formula is C27H43NO4. The van der Waals surface area contributed by atoms with Crippen LogP contribution in [0.25, 0.3) is 0 Å².